The smallest absolute Gasteiger partial charge is 0.337 e. The Morgan fingerprint density at radius 2 is 1.74 bits per heavy atom. The van der Waals surface area contributed by atoms with Crippen LogP contribution >= 0.6 is 0 Å². The summed E-state index contributed by atoms with van der Waals surface area (Å²) in [6, 6.07) is 17.2. The van der Waals surface area contributed by atoms with Crippen molar-refractivity contribution >= 4 is 11.7 Å². The van der Waals surface area contributed by atoms with Crippen LogP contribution in [-0.4, -0.2) is 15.6 Å². The van der Waals surface area contributed by atoms with E-state index < -0.39 is 5.97 Å². The van der Waals surface area contributed by atoms with Gasteiger partial charge in [0.25, 0.3) is 0 Å². The van der Waals surface area contributed by atoms with Gasteiger partial charge in [0.05, 0.1) is 11.3 Å². The highest BCUT2D eigenvalue weighted by Crippen LogP contribution is 2.31. The standard InChI is InChI=1S/C19H18N2O2/c1-12-8-9-14(10-17(12)20)18-11-16(19(22)23)13(2)21(18)15-6-4-3-5-7-15/h3-11H,20H2,1-2H3,(H,22,23). The maximum absolute atomic E-state index is 11.5. The third-order valence-electron chi connectivity index (χ3n) is 4.07. The molecule has 1 aromatic heterocycles. The van der Waals surface area contributed by atoms with E-state index in [1.54, 1.807) is 6.07 Å². The molecule has 23 heavy (non-hydrogen) atoms. The maximum atomic E-state index is 11.5. The van der Waals surface area contributed by atoms with Crippen LogP contribution in [0.1, 0.15) is 21.6 Å². The fourth-order valence-electron chi connectivity index (χ4n) is 2.75. The lowest BCUT2D eigenvalue weighted by atomic mass is 10.1. The Kier molecular flexibility index (Phi) is 3.66. The zero-order valence-corrected chi connectivity index (χ0v) is 13.1. The van der Waals surface area contributed by atoms with Gasteiger partial charge in [-0.3, -0.25) is 0 Å². The van der Waals surface area contributed by atoms with Gasteiger partial charge in [-0.1, -0.05) is 30.3 Å². The van der Waals surface area contributed by atoms with Gasteiger partial charge in [0.1, 0.15) is 0 Å². The molecule has 0 radical (unpaired) electrons. The van der Waals surface area contributed by atoms with Crippen molar-refractivity contribution in [3.05, 3.63) is 71.4 Å². The molecule has 0 saturated heterocycles. The highest BCUT2D eigenvalue weighted by molar-refractivity contribution is 5.92. The molecule has 0 aliphatic rings. The number of nitrogens with two attached hydrogens (primary N) is 1. The summed E-state index contributed by atoms with van der Waals surface area (Å²) < 4.78 is 1.95. The third-order valence-corrected chi connectivity index (χ3v) is 4.07. The Hall–Kier alpha value is -3.01. The van der Waals surface area contributed by atoms with Gasteiger partial charge in [0.15, 0.2) is 0 Å². The van der Waals surface area contributed by atoms with Gasteiger partial charge < -0.3 is 15.4 Å². The topological polar surface area (TPSA) is 68.2 Å². The molecule has 0 amide bonds. The summed E-state index contributed by atoms with van der Waals surface area (Å²) >= 11 is 0. The van der Waals surface area contributed by atoms with Crippen molar-refractivity contribution in [3.8, 4) is 16.9 Å². The van der Waals surface area contributed by atoms with Crippen molar-refractivity contribution in [2.75, 3.05) is 5.73 Å². The van der Waals surface area contributed by atoms with E-state index in [9.17, 15) is 9.90 Å². The Morgan fingerprint density at radius 1 is 1.04 bits per heavy atom. The zero-order chi connectivity index (χ0) is 16.6. The van der Waals surface area contributed by atoms with Crippen molar-refractivity contribution in [2.45, 2.75) is 13.8 Å². The van der Waals surface area contributed by atoms with Crippen molar-refractivity contribution in [1.82, 2.24) is 4.57 Å². The minimum atomic E-state index is -0.932. The van der Waals surface area contributed by atoms with Crippen LogP contribution in [0.2, 0.25) is 0 Å². The quantitative estimate of drug-likeness (QED) is 0.717. The molecule has 0 unspecified atom stereocenters. The molecule has 0 saturated carbocycles. The largest absolute Gasteiger partial charge is 0.478 e. The van der Waals surface area contributed by atoms with E-state index in [1.165, 1.54) is 0 Å². The molecule has 0 aliphatic heterocycles. The van der Waals surface area contributed by atoms with E-state index in [0.29, 0.717) is 16.9 Å². The van der Waals surface area contributed by atoms with Crippen molar-refractivity contribution < 1.29 is 9.90 Å². The van der Waals surface area contributed by atoms with Crippen LogP contribution in [0, 0.1) is 13.8 Å². The van der Waals surface area contributed by atoms with Crippen LogP contribution in [0.5, 0.6) is 0 Å². The molecule has 0 bridgehead atoms. The van der Waals surface area contributed by atoms with E-state index in [2.05, 4.69) is 0 Å². The Balaban J connectivity index is 2.29. The number of carboxylic acid groups (broad SMARTS) is 1. The molecular weight excluding hydrogens is 288 g/mol. The summed E-state index contributed by atoms with van der Waals surface area (Å²) in [4.78, 5) is 11.5. The molecule has 3 rings (SSSR count). The molecule has 2 aromatic carbocycles. The average molecular weight is 306 g/mol. The summed E-state index contributed by atoms with van der Waals surface area (Å²) in [5, 5.41) is 9.46. The minimum absolute atomic E-state index is 0.294. The number of hydrogen-bond acceptors (Lipinski definition) is 2. The molecule has 4 nitrogen and oxygen atoms in total. The van der Waals surface area contributed by atoms with Crippen LogP contribution in [0.4, 0.5) is 5.69 Å². The number of aryl methyl sites for hydroxylation is 1. The van der Waals surface area contributed by atoms with E-state index in [1.807, 2.05) is 66.9 Å². The first-order valence-corrected chi connectivity index (χ1v) is 7.36. The Bertz CT molecular complexity index is 880. The molecule has 116 valence electrons. The Labute approximate surface area is 134 Å². The van der Waals surface area contributed by atoms with Gasteiger partial charge in [-0.05, 0) is 43.7 Å². The lowest BCUT2D eigenvalue weighted by Crippen LogP contribution is -2.02. The molecular formula is C19H18N2O2. The van der Waals surface area contributed by atoms with Gasteiger partial charge in [-0.25, -0.2) is 4.79 Å². The molecule has 0 fully saturated rings. The van der Waals surface area contributed by atoms with Gasteiger partial charge in [0.2, 0.25) is 0 Å². The highest BCUT2D eigenvalue weighted by Gasteiger charge is 2.19. The second-order valence-electron chi connectivity index (χ2n) is 5.58. The van der Waals surface area contributed by atoms with Gasteiger partial charge in [-0.15, -0.1) is 0 Å². The van der Waals surface area contributed by atoms with Gasteiger partial charge in [-0.2, -0.15) is 0 Å². The number of aromatic carboxylic acids is 1. The monoisotopic (exact) mass is 306 g/mol. The Morgan fingerprint density at radius 3 is 2.35 bits per heavy atom. The summed E-state index contributed by atoms with van der Waals surface area (Å²) in [7, 11) is 0. The highest BCUT2D eigenvalue weighted by atomic mass is 16.4. The lowest BCUT2D eigenvalue weighted by molar-refractivity contribution is 0.0696. The van der Waals surface area contributed by atoms with Crippen molar-refractivity contribution in [1.29, 1.82) is 0 Å². The molecule has 1 heterocycles. The van der Waals surface area contributed by atoms with Gasteiger partial charge >= 0.3 is 5.97 Å². The molecule has 0 spiro atoms. The first kappa shape index (κ1) is 14.9. The molecule has 3 aromatic rings. The second kappa shape index (κ2) is 5.65. The third kappa shape index (κ3) is 2.59. The summed E-state index contributed by atoms with van der Waals surface area (Å²) in [5.41, 5.74) is 11.3. The first-order valence-electron chi connectivity index (χ1n) is 7.36. The van der Waals surface area contributed by atoms with Crippen LogP contribution in [-0.2, 0) is 0 Å². The van der Waals surface area contributed by atoms with E-state index in [4.69, 9.17) is 5.73 Å². The minimum Gasteiger partial charge on any atom is -0.478 e. The number of aromatic nitrogens is 1. The molecule has 0 atom stereocenters. The first-order chi connectivity index (χ1) is 11.0. The van der Waals surface area contributed by atoms with Crippen molar-refractivity contribution in [3.63, 3.8) is 0 Å². The normalized spacial score (nSPS) is 10.7. The number of anilines is 1. The number of rotatable bonds is 3. The van der Waals surface area contributed by atoms with E-state index in [0.717, 1.165) is 22.5 Å². The summed E-state index contributed by atoms with van der Waals surface area (Å²) in [6.45, 7) is 3.76. The van der Waals surface area contributed by atoms with Gasteiger partial charge in [0, 0.05) is 22.6 Å². The SMILES string of the molecule is Cc1ccc(-c2cc(C(=O)O)c(C)n2-c2ccccc2)cc1N. The number of benzene rings is 2. The maximum Gasteiger partial charge on any atom is 0.337 e. The summed E-state index contributed by atoms with van der Waals surface area (Å²) in [5.74, 6) is -0.932. The zero-order valence-electron chi connectivity index (χ0n) is 13.1. The number of carboxylic acids is 1. The summed E-state index contributed by atoms with van der Waals surface area (Å²) in [6.07, 6.45) is 0. The molecule has 4 heteroatoms. The van der Waals surface area contributed by atoms with Crippen LogP contribution in [0.15, 0.2) is 54.6 Å². The molecule has 3 N–H and O–H groups in total. The van der Waals surface area contributed by atoms with Crippen LogP contribution in [0.25, 0.3) is 16.9 Å². The fourth-order valence-corrected chi connectivity index (χ4v) is 2.75. The second-order valence-corrected chi connectivity index (χ2v) is 5.58. The van der Waals surface area contributed by atoms with Crippen LogP contribution < -0.4 is 5.73 Å². The van der Waals surface area contributed by atoms with E-state index in [-0.39, 0.29) is 0 Å². The molecule has 0 aliphatic carbocycles. The van der Waals surface area contributed by atoms with Crippen molar-refractivity contribution in [2.24, 2.45) is 0 Å². The van der Waals surface area contributed by atoms with E-state index >= 15 is 0 Å². The van der Waals surface area contributed by atoms with Crippen LogP contribution in [0.3, 0.4) is 0 Å². The number of nitrogen functional groups attached to an aromatic ring is 1. The number of hydrogen-bond donors (Lipinski definition) is 2. The number of carbonyl (C=O) groups is 1. The predicted molar refractivity (Wildman–Crippen MR) is 92.1 cm³/mol. The average Bonchev–Trinajstić information content (AvgIpc) is 2.88. The lowest BCUT2D eigenvalue weighted by Gasteiger charge is -2.13. The number of nitrogens with zero attached hydrogens (tertiary/aromatic N) is 1. The fraction of sp³-hybridized carbons (Fsp3) is 0.105. The predicted octanol–water partition coefficient (Wildman–Crippen LogP) is 4.04. The number of para-hydroxylation sites is 1.